The molecule has 3 aromatic rings. The fourth-order valence-electron chi connectivity index (χ4n) is 4.36. The molecule has 6 heteroatoms. The number of H-pyrrole nitrogens is 1. The molecule has 2 N–H and O–H groups in total. The molecule has 6 nitrogen and oxygen atoms in total. The van der Waals surface area contributed by atoms with Crippen molar-refractivity contribution in [1.29, 1.82) is 0 Å². The minimum absolute atomic E-state index is 0.106. The third-order valence-electron chi connectivity index (χ3n) is 5.97. The lowest BCUT2D eigenvalue weighted by atomic mass is 9.84. The number of carbonyl (C=O) groups excluding carboxylic acids is 1. The molecule has 28 heavy (non-hydrogen) atoms. The van der Waals surface area contributed by atoms with E-state index in [0.717, 1.165) is 41.9 Å². The van der Waals surface area contributed by atoms with Crippen molar-refractivity contribution in [2.75, 3.05) is 19.6 Å². The number of nitrogens with zero attached hydrogens (tertiary/aromatic N) is 2. The minimum Gasteiger partial charge on any atom is -0.489 e. The van der Waals surface area contributed by atoms with E-state index in [1.165, 1.54) is 12.8 Å². The molecule has 0 spiro atoms. The van der Waals surface area contributed by atoms with Crippen LogP contribution in [0.15, 0.2) is 48.5 Å². The molecule has 3 aliphatic rings. The predicted octanol–water partition coefficient (Wildman–Crippen LogP) is 2.97. The van der Waals surface area contributed by atoms with Gasteiger partial charge in [0.1, 0.15) is 12.4 Å². The number of nitrogens with one attached hydrogen (secondary N) is 2. The van der Waals surface area contributed by atoms with Gasteiger partial charge >= 0.3 is 0 Å². The molecule has 6 rings (SSSR count). The van der Waals surface area contributed by atoms with Crippen LogP contribution in [-0.4, -0.2) is 46.7 Å². The molecular weight excluding hydrogens is 352 g/mol. The van der Waals surface area contributed by atoms with E-state index in [0.29, 0.717) is 18.2 Å². The van der Waals surface area contributed by atoms with E-state index in [9.17, 15) is 4.79 Å². The quantitative estimate of drug-likeness (QED) is 0.718. The van der Waals surface area contributed by atoms with Crippen LogP contribution in [0.3, 0.4) is 0 Å². The van der Waals surface area contributed by atoms with Crippen molar-refractivity contribution >= 4 is 16.8 Å². The number of aromatic amines is 1. The van der Waals surface area contributed by atoms with E-state index >= 15 is 0 Å². The fourth-order valence-corrected chi connectivity index (χ4v) is 4.36. The molecule has 1 aromatic heterocycles. The lowest BCUT2D eigenvalue weighted by molar-refractivity contribution is 0.0618. The maximum absolute atomic E-state index is 12.9. The van der Waals surface area contributed by atoms with E-state index in [-0.39, 0.29) is 11.9 Å². The molecule has 2 bridgehead atoms. The van der Waals surface area contributed by atoms with Gasteiger partial charge in [0, 0.05) is 18.0 Å². The fraction of sp³-hybridized carbons (Fsp3) is 0.364. The van der Waals surface area contributed by atoms with Gasteiger partial charge in [0.25, 0.3) is 5.91 Å². The van der Waals surface area contributed by atoms with Crippen molar-refractivity contribution in [3.8, 4) is 5.75 Å². The summed E-state index contributed by atoms with van der Waals surface area (Å²) in [5, 5.41) is 11.3. The Morgan fingerprint density at radius 1 is 1.18 bits per heavy atom. The molecule has 0 radical (unpaired) electrons. The number of amides is 1. The Hall–Kier alpha value is -2.86. The zero-order chi connectivity index (χ0) is 18.9. The average Bonchev–Trinajstić information content (AvgIpc) is 3.17. The first-order valence-electron chi connectivity index (χ1n) is 9.94. The van der Waals surface area contributed by atoms with Gasteiger partial charge in [-0.2, -0.15) is 5.10 Å². The maximum Gasteiger partial charge on any atom is 0.272 e. The van der Waals surface area contributed by atoms with Crippen LogP contribution in [0.2, 0.25) is 0 Å². The van der Waals surface area contributed by atoms with E-state index in [1.807, 2.05) is 48.5 Å². The first-order chi connectivity index (χ1) is 13.8. The van der Waals surface area contributed by atoms with Gasteiger partial charge in [-0.3, -0.25) is 9.89 Å². The van der Waals surface area contributed by atoms with Crippen molar-refractivity contribution in [3.63, 3.8) is 0 Å². The number of fused-ring (bicyclic) bond motifs is 4. The largest absolute Gasteiger partial charge is 0.489 e. The summed E-state index contributed by atoms with van der Waals surface area (Å²) in [5.41, 5.74) is 2.39. The third kappa shape index (κ3) is 3.36. The van der Waals surface area contributed by atoms with E-state index in [1.54, 1.807) is 0 Å². The summed E-state index contributed by atoms with van der Waals surface area (Å²) >= 11 is 0. The van der Waals surface area contributed by atoms with Gasteiger partial charge in [0.2, 0.25) is 0 Å². The third-order valence-corrected chi connectivity index (χ3v) is 5.97. The molecule has 1 atom stereocenters. The number of benzene rings is 2. The number of hydrogen-bond donors (Lipinski definition) is 2. The molecule has 3 aliphatic heterocycles. The van der Waals surface area contributed by atoms with Crippen LogP contribution in [0.1, 0.15) is 28.9 Å². The van der Waals surface area contributed by atoms with Crippen molar-refractivity contribution in [3.05, 3.63) is 59.8 Å². The standard InChI is InChI=1S/C22H24N4O2/c27-22(23-20-13-26-10-8-16(20)9-11-26)21-18-12-17(6-7-19(18)24-25-21)28-14-15-4-2-1-3-5-15/h1-7,12,16,20H,8-11,13-14H2,(H,23,27)(H,24,25)/t20-/m1/s1. The topological polar surface area (TPSA) is 70.2 Å². The monoisotopic (exact) mass is 376 g/mol. The maximum atomic E-state index is 12.9. The van der Waals surface area contributed by atoms with E-state index in [2.05, 4.69) is 20.4 Å². The predicted molar refractivity (Wildman–Crippen MR) is 107 cm³/mol. The molecule has 0 saturated carbocycles. The van der Waals surface area contributed by atoms with Crippen molar-refractivity contribution in [2.45, 2.75) is 25.5 Å². The summed E-state index contributed by atoms with van der Waals surface area (Å²) in [5.74, 6) is 1.21. The lowest BCUT2D eigenvalue weighted by Gasteiger charge is -2.44. The summed E-state index contributed by atoms with van der Waals surface area (Å²) in [4.78, 5) is 15.3. The highest BCUT2D eigenvalue weighted by Gasteiger charge is 2.35. The molecule has 0 aliphatic carbocycles. The van der Waals surface area contributed by atoms with Gasteiger partial charge in [-0.05, 0) is 55.6 Å². The Balaban J connectivity index is 1.32. The Bertz CT molecular complexity index is 977. The molecule has 1 amide bonds. The smallest absolute Gasteiger partial charge is 0.272 e. The Morgan fingerprint density at radius 3 is 2.75 bits per heavy atom. The lowest BCUT2D eigenvalue weighted by Crippen LogP contribution is -2.57. The van der Waals surface area contributed by atoms with E-state index < -0.39 is 0 Å². The highest BCUT2D eigenvalue weighted by Crippen LogP contribution is 2.28. The van der Waals surface area contributed by atoms with Crippen LogP contribution in [-0.2, 0) is 6.61 Å². The highest BCUT2D eigenvalue weighted by molar-refractivity contribution is 6.05. The van der Waals surface area contributed by atoms with Crippen LogP contribution < -0.4 is 10.1 Å². The van der Waals surface area contributed by atoms with Crippen LogP contribution in [0, 0.1) is 5.92 Å². The Kier molecular flexibility index (Phi) is 4.49. The highest BCUT2D eigenvalue weighted by atomic mass is 16.5. The van der Waals surface area contributed by atoms with Gasteiger partial charge in [-0.1, -0.05) is 30.3 Å². The SMILES string of the molecule is O=C(N[C@@H]1CN2CCC1CC2)c1n[nH]c2ccc(OCc3ccccc3)cc12. The zero-order valence-electron chi connectivity index (χ0n) is 15.7. The van der Waals surface area contributed by atoms with Crippen LogP contribution in [0.25, 0.3) is 10.9 Å². The van der Waals surface area contributed by atoms with Gasteiger partial charge in [-0.25, -0.2) is 0 Å². The van der Waals surface area contributed by atoms with Crippen LogP contribution in [0.5, 0.6) is 5.75 Å². The summed E-state index contributed by atoms with van der Waals surface area (Å²) in [6, 6.07) is 16.0. The molecular formula is C22H24N4O2. The van der Waals surface area contributed by atoms with Crippen molar-refractivity contribution < 1.29 is 9.53 Å². The first kappa shape index (κ1) is 17.3. The number of hydrogen-bond acceptors (Lipinski definition) is 4. The van der Waals surface area contributed by atoms with Crippen molar-refractivity contribution in [2.24, 2.45) is 5.92 Å². The van der Waals surface area contributed by atoms with Gasteiger partial charge < -0.3 is 15.0 Å². The number of ether oxygens (including phenoxy) is 1. The Labute approximate surface area is 163 Å². The van der Waals surface area contributed by atoms with Crippen molar-refractivity contribution in [1.82, 2.24) is 20.4 Å². The number of carbonyl (C=O) groups is 1. The first-order valence-corrected chi connectivity index (χ1v) is 9.94. The molecule has 3 saturated heterocycles. The molecule has 0 unspecified atom stereocenters. The Morgan fingerprint density at radius 2 is 2.00 bits per heavy atom. The second kappa shape index (κ2) is 7.28. The molecule has 144 valence electrons. The summed E-state index contributed by atoms with van der Waals surface area (Å²) < 4.78 is 5.91. The molecule has 2 aromatic carbocycles. The summed E-state index contributed by atoms with van der Waals surface area (Å²) in [6.45, 7) is 3.75. The van der Waals surface area contributed by atoms with Gasteiger partial charge in [-0.15, -0.1) is 0 Å². The number of aromatic nitrogens is 2. The zero-order valence-corrected chi connectivity index (χ0v) is 15.7. The number of piperidine rings is 3. The number of rotatable bonds is 5. The van der Waals surface area contributed by atoms with E-state index in [4.69, 9.17) is 4.74 Å². The van der Waals surface area contributed by atoms with Crippen LogP contribution >= 0.6 is 0 Å². The van der Waals surface area contributed by atoms with Crippen LogP contribution in [0.4, 0.5) is 0 Å². The van der Waals surface area contributed by atoms with Gasteiger partial charge in [0.05, 0.1) is 5.52 Å². The minimum atomic E-state index is -0.106. The molecule has 3 fully saturated rings. The second-order valence-electron chi connectivity index (χ2n) is 7.77. The summed E-state index contributed by atoms with van der Waals surface area (Å²) in [7, 11) is 0. The average molecular weight is 376 g/mol. The van der Waals surface area contributed by atoms with Gasteiger partial charge in [0.15, 0.2) is 5.69 Å². The molecule has 4 heterocycles. The second-order valence-corrected chi connectivity index (χ2v) is 7.77. The normalized spacial score (nSPS) is 23.6. The summed E-state index contributed by atoms with van der Waals surface area (Å²) in [6.07, 6.45) is 2.34.